The van der Waals surface area contributed by atoms with E-state index in [-0.39, 0.29) is 59.6 Å². The minimum absolute atomic E-state index is 0.0345. The third-order valence-corrected chi connectivity index (χ3v) is 5.91. The number of rotatable bonds is 5. The fourth-order valence-electron chi connectivity index (χ4n) is 3.90. The highest BCUT2D eigenvalue weighted by molar-refractivity contribution is 6.01. The monoisotopic (exact) mass is 466 g/mol. The maximum Gasteiger partial charge on any atom is 0.228 e. The Morgan fingerprint density at radius 1 is 1.29 bits per heavy atom. The van der Waals surface area contributed by atoms with Crippen LogP contribution in [0, 0.1) is 11.8 Å². The predicted molar refractivity (Wildman–Crippen MR) is 128 cm³/mol. The lowest BCUT2D eigenvalue weighted by atomic mass is 10.1. The van der Waals surface area contributed by atoms with E-state index in [0.29, 0.717) is 16.6 Å². The van der Waals surface area contributed by atoms with Gasteiger partial charge in [0, 0.05) is 47.1 Å². The summed E-state index contributed by atoms with van der Waals surface area (Å²) in [5.41, 5.74) is 1.13. The van der Waals surface area contributed by atoms with Crippen LogP contribution in [0.1, 0.15) is 22.9 Å². The maximum absolute atomic E-state index is 12.5. The van der Waals surface area contributed by atoms with Crippen molar-refractivity contribution in [1.29, 1.82) is 0 Å². The van der Waals surface area contributed by atoms with Crippen LogP contribution in [-0.2, 0) is 9.53 Å². The summed E-state index contributed by atoms with van der Waals surface area (Å²) in [4.78, 5) is 22.3. The average molecular weight is 467 g/mol. The second kappa shape index (κ2) is 8.17. The van der Waals surface area contributed by atoms with Gasteiger partial charge in [0.05, 0.1) is 30.6 Å². The largest absolute Gasteiger partial charge is 0.378 e. The van der Waals surface area contributed by atoms with Gasteiger partial charge in [-0.25, -0.2) is 14.5 Å². The quantitative estimate of drug-likeness (QED) is 0.456. The zero-order chi connectivity index (χ0) is 29.3. The second-order valence-corrected chi connectivity index (χ2v) is 8.22. The number of nitrogens with one attached hydrogen (secondary N) is 2. The zero-order valence-electron chi connectivity index (χ0n) is 25.1. The molecule has 2 N–H and O–H groups in total. The number of carbonyl (C=O) groups is 1. The number of anilines is 3. The molecule has 1 aliphatic carbocycles. The van der Waals surface area contributed by atoms with Crippen molar-refractivity contribution in [1.82, 2.24) is 29.8 Å². The number of ether oxygens (including phenoxy) is 1. The first-order valence-corrected chi connectivity index (χ1v) is 10.7. The lowest BCUT2D eigenvalue weighted by molar-refractivity contribution is -0.117. The third-order valence-electron chi connectivity index (χ3n) is 5.91. The number of pyridine rings is 2. The summed E-state index contributed by atoms with van der Waals surface area (Å²) in [5, 5.41) is 18.2. The molecule has 5 heterocycles. The van der Waals surface area contributed by atoms with Gasteiger partial charge >= 0.3 is 0 Å². The van der Waals surface area contributed by atoms with E-state index in [9.17, 15) is 4.79 Å². The number of aromatic nitrogens is 6. The van der Waals surface area contributed by atoms with Gasteiger partial charge in [0.2, 0.25) is 5.91 Å². The molecule has 0 bridgehead atoms. The molecule has 1 saturated heterocycles. The molecule has 2 aliphatic rings. The smallest absolute Gasteiger partial charge is 0.228 e. The number of carbonyl (C=O) groups excluding carboxylic acids is 1. The Hall–Kier alpha value is -3.86. The average Bonchev–Trinajstić information content (AvgIpc) is 3.45. The van der Waals surface area contributed by atoms with Crippen molar-refractivity contribution in [3.8, 4) is 11.4 Å². The van der Waals surface area contributed by atoms with Crippen LogP contribution in [0.4, 0.5) is 17.3 Å². The van der Waals surface area contributed by atoms with Crippen LogP contribution in [0.2, 0.25) is 0 Å². The molecule has 6 rings (SSSR count). The van der Waals surface area contributed by atoms with Crippen LogP contribution in [0.5, 0.6) is 0 Å². The lowest BCUT2D eigenvalue weighted by Gasteiger charge is -2.28. The molecule has 1 amide bonds. The molecule has 174 valence electrons. The van der Waals surface area contributed by atoms with Crippen molar-refractivity contribution >= 4 is 39.8 Å². The standard InChI is InChI=1S/C23H25N9O2/c1-13-9-15(13)23(33)26-18-10-16-17(11-25-22(24-2)20(16)29-28-18)21-27-19-4-3-14(12-32(19)30-21)31-5-7-34-8-6-31/h3-4,10-13,15H,5-9H2,1-2H3,(H,24,25)(H,26,28,33)/t13-,15+/m1/s1/i2D3,5D2,6D2. The maximum atomic E-state index is 12.5. The molecule has 11 nitrogen and oxygen atoms in total. The van der Waals surface area contributed by atoms with E-state index >= 15 is 0 Å². The van der Waals surface area contributed by atoms with E-state index in [0.717, 1.165) is 11.3 Å². The molecular formula is C23H25N9O2. The van der Waals surface area contributed by atoms with E-state index in [2.05, 4.69) is 35.9 Å². The van der Waals surface area contributed by atoms with E-state index in [1.54, 1.807) is 18.2 Å². The first kappa shape index (κ1) is 14.4. The van der Waals surface area contributed by atoms with E-state index in [1.165, 1.54) is 16.9 Å². The van der Waals surface area contributed by atoms with E-state index in [4.69, 9.17) is 14.3 Å². The highest BCUT2D eigenvalue weighted by Gasteiger charge is 2.39. The molecule has 1 saturated carbocycles. The van der Waals surface area contributed by atoms with Crippen molar-refractivity contribution in [3.63, 3.8) is 0 Å². The van der Waals surface area contributed by atoms with Crippen molar-refractivity contribution in [2.75, 3.05) is 48.7 Å². The van der Waals surface area contributed by atoms with Gasteiger partial charge in [0.25, 0.3) is 0 Å². The lowest BCUT2D eigenvalue weighted by Crippen LogP contribution is -2.36. The highest BCUT2D eigenvalue weighted by Crippen LogP contribution is 2.38. The Balaban J connectivity index is 1.43. The predicted octanol–water partition coefficient (Wildman–Crippen LogP) is 2.21. The minimum Gasteiger partial charge on any atom is -0.378 e. The van der Waals surface area contributed by atoms with E-state index in [1.807, 2.05) is 6.92 Å². The number of hydrogen-bond acceptors (Lipinski definition) is 9. The summed E-state index contributed by atoms with van der Waals surface area (Å²) < 4.78 is 62.4. The summed E-state index contributed by atoms with van der Waals surface area (Å²) in [6.07, 6.45) is 3.65. The number of fused-ring (bicyclic) bond motifs is 2. The normalized spacial score (nSPS) is 26.4. The summed E-state index contributed by atoms with van der Waals surface area (Å²) in [6, 6.07) is 4.69. The molecule has 11 heteroatoms. The number of amides is 1. The Kier molecular flexibility index (Phi) is 3.46. The molecule has 2 fully saturated rings. The number of hydrogen-bond donors (Lipinski definition) is 2. The fourth-order valence-corrected chi connectivity index (χ4v) is 3.90. The summed E-state index contributed by atoms with van der Waals surface area (Å²) in [6.45, 7) is -5.40. The van der Waals surface area contributed by atoms with Gasteiger partial charge in [-0.05, 0) is 30.5 Å². The fraction of sp³-hybridized carbons (Fsp3) is 0.391. The zero-order valence-corrected chi connectivity index (χ0v) is 18.1. The van der Waals surface area contributed by atoms with Crippen molar-refractivity contribution in [2.45, 2.75) is 13.3 Å². The SMILES string of the molecule is [2H]C([2H])([2H])Nc1ncc(-c2nc3ccc(N4C([2H])([2H])COCC4([2H])[2H])cn3n2)c2cc(NC(=O)[C@H]3C[C@H]3C)nnc12. The van der Waals surface area contributed by atoms with Crippen molar-refractivity contribution < 1.29 is 19.1 Å². The van der Waals surface area contributed by atoms with E-state index < -0.39 is 20.0 Å². The van der Waals surface area contributed by atoms with Crippen LogP contribution < -0.4 is 15.5 Å². The molecule has 34 heavy (non-hydrogen) atoms. The molecule has 0 aromatic carbocycles. The number of nitrogens with zero attached hydrogens (tertiary/aromatic N) is 7. The first-order valence-electron chi connectivity index (χ1n) is 14.2. The van der Waals surface area contributed by atoms with Crippen LogP contribution in [-0.4, -0.2) is 68.9 Å². The van der Waals surface area contributed by atoms with Crippen LogP contribution >= 0.6 is 0 Å². The van der Waals surface area contributed by atoms with Gasteiger partial charge in [-0.3, -0.25) is 4.79 Å². The molecule has 2 atom stereocenters. The Bertz CT molecular complexity index is 1660. The Labute approximate surface area is 205 Å². The van der Waals surface area contributed by atoms with Crippen molar-refractivity contribution in [2.24, 2.45) is 11.8 Å². The van der Waals surface area contributed by atoms with Gasteiger partial charge in [-0.1, -0.05) is 6.92 Å². The van der Waals surface area contributed by atoms with Crippen LogP contribution in [0.25, 0.3) is 27.9 Å². The van der Waals surface area contributed by atoms with Gasteiger partial charge in [0.1, 0.15) is 5.52 Å². The number of morpholine rings is 1. The molecule has 0 spiro atoms. The topological polar surface area (TPSA) is 122 Å². The molecule has 0 unspecified atom stereocenters. The highest BCUT2D eigenvalue weighted by atomic mass is 16.5. The minimum atomic E-state index is -2.55. The van der Waals surface area contributed by atoms with Crippen LogP contribution in [0.3, 0.4) is 0 Å². The third kappa shape index (κ3) is 3.67. The molecule has 4 aromatic heterocycles. The first-order chi connectivity index (χ1) is 19.2. The molecule has 1 aliphatic heterocycles. The van der Waals surface area contributed by atoms with Gasteiger partial charge < -0.3 is 20.3 Å². The second-order valence-electron chi connectivity index (χ2n) is 8.22. The Morgan fingerprint density at radius 2 is 2.15 bits per heavy atom. The molecular weight excluding hydrogens is 434 g/mol. The molecule has 4 aromatic rings. The summed E-state index contributed by atoms with van der Waals surface area (Å²) in [5.74, 6) is 0.339. The van der Waals surface area contributed by atoms with Crippen LogP contribution in [0.15, 0.2) is 30.6 Å². The summed E-state index contributed by atoms with van der Waals surface area (Å²) >= 11 is 0. The van der Waals surface area contributed by atoms with Gasteiger partial charge in [-0.2, -0.15) is 0 Å². The van der Waals surface area contributed by atoms with Crippen molar-refractivity contribution in [3.05, 3.63) is 30.6 Å². The van der Waals surface area contributed by atoms with Gasteiger partial charge in [0.15, 0.2) is 23.1 Å². The summed E-state index contributed by atoms with van der Waals surface area (Å²) in [7, 11) is 0. The Morgan fingerprint density at radius 3 is 2.94 bits per heavy atom. The van der Waals surface area contributed by atoms with Gasteiger partial charge in [-0.15, -0.1) is 15.3 Å². The molecule has 0 radical (unpaired) electrons.